The topological polar surface area (TPSA) is 40.5 Å². The Bertz CT molecular complexity index is 610. The number of carbonyl (C=O) groups excluding carboxylic acids is 1. The van der Waals surface area contributed by atoms with Gasteiger partial charge in [0, 0.05) is 25.9 Å². The summed E-state index contributed by atoms with van der Waals surface area (Å²) in [5, 5.41) is 11.2. The highest BCUT2D eigenvalue weighted by Crippen LogP contribution is 2.69. The Morgan fingerprint density at radius 3 is 2.24 bits per heavy atom. The average Bonchev–Trinajstić information content (AvgIpc) is 3.17. The smallest absolute Gasteiger partial charge is 0.226 e. The lowest BCUT2D eigenvalue weighted by atomic mass is 9.93. The van der Waals surface area contributed by atoms with E-state index in [0.29, 0.717) is 0 Å². The highest BCUT2D eigenvalue weighted by Gasteiger charge is 2.73. The summed E-state index contributed by atoms with van der Waals surface area (Å²) in [6.45, 7) is 11.1. The summed E-state index contributed by atoms with van der Waals surface area (Å²) in [5.41, 5.74) is 0.860. The van der Waals surface area contributed by atoms with E-state index in [1.165, 1.54) is 0 Å². The Balaban J connectivity index is 2.53. The predicted octanol–water partition coefficient (Wildman–Crippen LogP) is 4.28. The molecular formula is C21H35NO2Si. The van der Waals surface area contributed by atoms with E-state index in [-0.39, 0.29) is 23.2 Å². The molecule has 1 fully saturated rings. The lowest BCUT2D eigenvalue weighted by Gasteiger charge is -2.41. The number of hydrogen-bond acceptors (Lipinski definition) is 2. The van der Waals surface area contributed by atoms with E-state index in [2.05, 4.69) is 33.5 Å². The maximum Gasteiger partial charge on any atom is 0.226 e. The van der Waals surface area contributed by atoms with E-state index >= 15 is 0 Å². The number of hydrogen-bond donors (Lipinski definition) is 1. The zero-order valence-electron chi connectivity index (χ0n) is 17.0. The number of carbonyl (C=O) groups is 1. The molecule has 4 atom stereocenters. The molecule has 1 aromatic rings. The molecule has 0 radical (unpaired) electrons. The fraction of sp³-hybridized carbons (Fsp3) is 0.667. The second-order valence-electron chi connectivity index (χ2n) is 9.18. The molecule has 1 aromatic carbocycles. The van der Waals surface area contributed by atoms with Crippen molar-refractivity contribution in [1.29, 1.82) is 0 Å². The van der Waals surface area contributed by atoms with Crippen LogP contribution < -0.4 is 0 Å². The van der Waals surface area contributed by atoms with E-state index in [1.54, 1.807) is 4.90 Å². The number of amides is 1. The Labute approximate surface area is 154 Å². The van der Waals surface area contributed by atoms with Crippen LogP contribution in [0, 0.1) is 17.3 Å². The van der Waals surface area contributed by atoms with Crippen LogP contribution in [0.2, 0.25) is 19.6 Å². The number of rotatable bonds is 7. The van der Waals surface area contributed by atoms with Crippen LogP contribution in [0.25, 0.3) is 0 Å². The van der Waals surface area contributed by atoms with Crippen LogP contribution >= 0.6 is 0 Å². The summed E-state index contributed by atoms with van der Waals surface area (Å²) in [6, 6.07) is 10.0. The van der Waals surface area contributed by atoms with Crippen LogP contribution in [0.3, 0.4) is 0 Å². The Morgan fingerprint density at radius 1 is 1.24 bits per heavy atom. The maximum atomic E-state index is 12.9. The first-order valence-corrected chi connectivity index (χ1v) is 13.0. The number of aliphatic hydroxyl groups is 1. The third kappa shape index (κ3) is 3.31. The molecule has 1 aliphatic carbocycles. The first kappa shape index (κ1) is 20.2. The molecule has 4 heteroatoms. The summed E-state index contributed by atoms with van der Waals surface area (Å²) in [7, 11) is 1.64. The van der Waals surface area contributed by atoms with Gasteiger partial charge in [-0.1, -0.05) is 76.7 Å². The molecule has 1 N–H and O–H groups in total. The SMILES string of the molecule is CCCC[C@@]1(C)[C@H]([C@@](O)(c2ccccc2)[Si](C)(C)C)[C@@H]1C(=O)N(C)C. The Hall–Kier alpha value is -1.13. The van der Waals surface area contributed by atoms with Crippen molar-refractivity contribution in [1.82, 2.24) is 4.90 Å². The van der Waals surface area contributed by atoms with Crippen molar-refractivity contribution in [3.8, 4) is 0 Å². The summed E-state index contributed by atoms with van der Waals surface area (Å²) >= 11 is 0. The summed E-state index contributed by atoms with van der Waals surface area (Å²) in [5.74, 6) is 0.0673. The molecule has 0 spiro atoms. The largest absolute Gasteiger partial charge is 0.388 e. The monoisotopic (exact) mass is 361 g/mol. The minimum absolute atomic E-state index is 0.00415. The van der Waals surface area contributed by atoms with Gasteiger partial charge < -0.3 is 10.0 Å². The second-order valence-corrected chi connectivity index (χ2v) is 14.4. The number of benzene rings is 1. The highest BCUT2D eigenvalue weighted by molar-refractivity contribution is 6.78. The van der Waals surface area contributed by atoms with Gasteiger partial charge in [0.05, 0.1) is 13.3 Å². The first-order chi connectivity index (χ1) is 11.5. The van der Waals surface area contributed by atoms with E-state index < -0.39 is 13.3 Å². The normalized spacial score (nSPS) is 28.3. The zero-order chi connectivity index (χ0) is 19.0. The minimum atomic E-state index is -2.02. The van der Waals surface area contributed by atoms with Gasteiger partial charge in [0.1, 0.15) is 0 Å². The van der Waals surface area contributed by atoms with Gasteiger partial charge in [0.15, 0.2) is 0 Å². The molecule has 0 aliphatic heterocycles. The van der Waals surface area contributed by atoms with E-state index in [4.69, 9.17) is 0 Å². The van der Waals surface area contributed by atoms with Gasteiger partial charge in [0.25, 0.3) is 0 Å². The van der Waals surface area contributed by atoms with Gasteiger partial charge in [0.2, 0.25) is 5.91 Å². The quantitative estimate of drug-likeness (QED) is 0.736. The summed E-state index contributed by atoms with van der Waals surface area (Å²) < 4.78 is 0. The standard InChI is InChI=1S/C21H35NO2Si/c1-8-9-15-20(2)17(19(23)22(3)4)18(20)21(24,25(5,6)7)16-13-11-10-12-14-16/h10-14,17-18,24H,8-9,15H2,1-7H3/t17-,18-,20-,21-/m1/s1. The predicted molar refractivity (Wildman–Crippen MR) is 107 cm³/mol. The lowest BCUT2D eigenvalue weighted by molar-refractivity contribution is -0.131. The van der Waals surface area contributed by atoms with Crippen LogP contribution in [0.5, 0.6) is 0 Å². The van der Waals surface area contributed by atoms with Crippen molar-refractivity contribution in [3.05, 3.63) is 35.9 Å². The fourth-order valence-corrected chi connectivity index (χ4v) is 7.09. The van der Waals surface area contributed by atoms with Crippen molar-refractivity contribution in [2.45, 2.75) is 58.0 Å². The third-order valence-corrected chi connectivity index (χ3v) is 9.11. The number of nitrogens with zero attached hydrogens (tertiary/aromatic N) is 1. The van der Waals surface area contributed by atoms with Crippen LogP contribution in [0.1, 0.15) is 38.7 Å². The minimum Gasteiger partial charge on any atom is -0.388 e. The Kier molecular flexibility index (Phi) is 5.55. The van der Waals surface area contributed by atoms with E-state index in [0.717, 1.165) is 24.8 Å². The molecule has 1 amide bonds. The van der Waals surface area contributed by atoms with Crippen LogP contribution in [0.15, 0.2) is 30.3 Å². The van der Waals surface area contributed by atoms with Crippen molar-refractivity contribution >= 4 is 14.0 Å². The molecule has 2 rings (SSSR count). The van der Waals surface area contributed by atoms with E-state index in [1.807, 2.05) is 44.4 Å². The molecule has 1 aliphatic rings. The van der Waals surface area contributed by atoms with Crippen LogP contribution in [-0.2, 0) is 10.0 Å². The van der Waals surface area contributed by atoms with Gasteiger partial charge in [-0.05, 0) is 17.4 Å². The maximum absolute atomic E-state index is 12.9. The van der Waals surface area contributed by atoms with Crippen LogP contribution in [0.4, 0.5) is 0 Å². The second kappa shape index (κ2) is 6.88. The average molecular weight is 362 g/mol. The molecule has 1 saturated carbocycles. The fourth-order valence-electron chi connectivity index (χ4n) is 4.63. The molecule has 25 heavy (non-hydrogen) atoms. The van der Waals surface area contributed by atoms with Crippen molar-refractivity contribution < 1.29 is 9.90 Å². The summed E-state index contributed by atoms with van der Waals surface area (Å²) in [6.07, 6.45) is 3.21. The van der Waals surface area contributed by atoms with Crippen molar-refractivity contribution in [3.63, 3.8) is 0 Å². The molecule has 0 aromatic heterocycles. The molecule has 0 bridgehead atoms. The van der Waals surface area contributed by atoms with Gasteiger partial charge in [-0.15, -0.1) is 0 Å². The Morgan fingerprint density at radius 2 is 1.80 bits per heavy atom. The highest BCUT2D eigenvalue weighted by atomic mass is 28.3. The number of unbranched alkanes of at least 4 members (excludes halogenated alkanes) is 1. The van der Waals surface area contributed by atoms with Gasteiger partial charge >= 0.3 is 0 Å². The summed E-state index contributed by atoms with van der Waals surface area (Å²) in [4.78, 5) is 14.6. The van der Waals surface area contributed by atoms with Crippen LogP contribution in [-0.4, -0.2) is 38.1 Å². The van der Waals surface area contributed by atoms with Crippen molar-refractivity contribution in [2.75, 3.05) is 14.1 Å². The van der Waals surface area contributed by atoms with Gasteiger partial charge in [-0.2, -0.15) is 0 Å². The zero-order valence-corrected chi connectivity index (χ0v) is 18.0. The molecular weight excluding hydrogens is 326 g/mol. The third-order valence-electron chi connectivity index (χ3n) is 6.23. The van der Waals surface area contributed by atoms with E-state index in [9.17, 15) is 9.90 Å². The molecule has 3 nitrogen and oxygen atoms in total. The van der Waals surface area contributed by atoms with Gasteiger partial charge in [-0.25, -0.2) is 0 Å². The molecule has 0 saturated heterocycles. The van der Waals surface area contributed by atoms with Crippen molar-refractivity contribution in [2.24, 2.45) is 17.3 Å². The van der Waals surface area contributed by atoms with Gasteiger partial charge in [-0.3, -0.25) is 4.79 Å². The molecule has 0 heterocycles. The lowest BCUT2D eigenvalue weighted by Crippen LogP contribution is -2.53. The molecule has 140 valence electrons. The molecule has 0 unspecified atom stereocenters. The first-order valence-electron chi connectivity index (χ1n) is 9.51.